The van der Waals surface area contributed by atoms with E-state index in [9.17, 15) is 4.79 Å². The second kappa shape index (κ2) is 5.46. The number of carbonyl (C=O) groups is 1. The number of hydrogen-bond donors (Lipinski definition) is 0. The highest BCUT2D eigenvalue weighted by Crippen LogP contribution is 2.36. The molecule has 0 spiro atoms. The average Bonchev–Trinajstić information content (AvgIpc) is 2.32. The fourth-order valence-electron chi connectivity index (χ4n) is 2.84. The number of benzene rings is 1. The van der Waals surface area contributed by atoms with Crippen molar-refractivity contribution in [2.45, 2.75) is 25.2 Å². The van der Waals surface area contributed by atoms with Gasteiger partial charge in [-0.3, -0.25) is 4.79 Å². The van der Waals surface area contributed by atoms with E-state index in [2.05, 4.69) is 43.3 Å². The Balaban J connectivity index is 2.17. The monoisotopic (exact) mass is 231 g/mol. The van der Waals surface area contributed by atoms with E-state index >= 15 is 0 Å². The van der Waals surface area contributed by atoms with Crippen LogP contribution in [-0.4, -0.2) is 31.3 Å². The molecule has 0 heterocycles. The van der Waals surface area contributed by atoms with E-state index in [1.165, 1.54) is 5.56 Å². The zero-order valence-corrected chi connectivity index (χ0v) is 10.7. The van der Waals surface area contributed by atoms with Crippen LogP contribution in [0.5, 0.6) is 0 Å². The number of Topliss-reactive ketones (excluding diaryl/α,β-unsaturated/α-hetero) is 1. The molecule has 1 aliphatic carbocycles. The zero-order chi connectivity index (χ0) is 12.3. The van der Waals surface area contributed by atoms with E-state index in [0.717, 1.165) is 25.8 Å². The molecule has 2 heteroatoms. The van der Waals surface area contributed by atoms with E-state index in [-0.39, 0.29) is 0 Å². The molecule has 2 atom stereocenters. The summed E-state index contributed by atoms with van der Waals surface area (Å²) in [6.07, 6.45) is 2.53. The largest absolute Gasteiger partial charge is 0.309 e. The molecule has 1 saturated carbocycles. The fraction of sp³-hybridized carbons (Fsp3) is 0.533. The van der Waals surface area contributed by atoms with E-state index < -0.39 is 0 Å². The maximum Gasteiger partial charge on any atom is 0.133 e. The van der Waals surface area contributed by atoms with Gasteiger partial charge in [-0.05, 0) is 37.9 Å². The smallest absolute Gasteiger partial charge is 0.133 e. The number of nitrogens with zero attached hydrogens (tertiary/aromatic N) is 1. The van der Waals surface area contributed by atoms with Gasteiger partial charge in [0.1, 0.15) is 5.78 Å². The minimum atomic E-state index is 0.417. The Hall–Kier alpha value is -1.15. The second-order valence-electron chi connectivity index (χ2n) is 5.32. The first-order chi connectivity index (χ1) is 8.16. The van der Waals surface area contributed by atoms with Crippen LogP contribution in [0.25, 0.3) is 0 Å². The molecule has 1 aromatic carbocycles. The third-order valence-corrected chi connectivity index (χ3v) is 3.64. The lowest BCUT2D eigenvalue weighted by atomic mass is 9.75. The summed E-state index contributed by atoms with van der Waals surface area (Å²) in [5, 5.41) is 0. The van der Waals surface area contributed by atoms with Crippen LogP contribution in [-0.2, 0) is 4.79 Å². The summed E-state index contributed by atoms with van der Waals surface area (Å²) in [7, 11) is 4.22. The molecule has 92 valence electrons. The molecular formula is C15H21NO. The van der Waals surface area contributed by atoms with Crippen LogP contribution < -0.4 is 0 Å². The van der Waals surface area contributed by atoms with Gasteiger partial charge >= 0.3 is 0 Å². The highest BCUT2D eigenvalue weighted by atomic mass is 16.1. The van der Waals surface area contributed by atoms with Gasteiger partial charge in [0, 0.05) is 19.4 Å². The first kappa shape index (κ1) is 12.3. The maximum absolute atomic E-state index is 11.7. The molecule has 0 N–H and O–H groups in total. The number of rotatable bonds is 3. The van der Waals surface area contributed by atoms with Crippen molar-refractivity contribution in [3.63, 3.8) is 0 Å². The molecule has 1 aromatic rings. The Labute approximate surface area is 104 Å². The van der Waals surface area contributed by atoms with Crippen LogP contribution in [0.2, 0.25) is 0 Å². The van der Waals surface area contributed by atoms with Gasteiger partial charge in [0.25, 0.3) is 0 Å². The van der Waals surface area contributed by atoms with E-state index in [0.29, 0.717) is 17.6 Å². The van der Waals surface area contributed by atoms with Gasteiger partial charge in [0.05, 0.1) is 0 Å². The quantitative estimate of drug-likeness (QED) is 0.797. The van der Waals surface area contributed by atoms with Gasteiger partial charge < -0.3 is 4.90 Å². The highest BCUT2D eigenvalue weighted by Gasteiger charge is 2.30. The lowest BCUT2D eigenvalue weighted by Crippen LogP contribution is -2.31. The van der Waals surface area contributed by atoms with Crippen molar-refractivity contribution in [1.29, 1.82) is 0 Å². The Bertz CT molecular complexity index is 372. The Morgan fingerprint density at radius 3 is 2.59 bits per heavy atom. The van der Waals surface area contributed by atoms with Gasteiger partial charge in [0.2, 0.25) is 0 Å². The third kappa shape index (κ3) is 3.16. The Morgan fingerprint density at radius 2 is 1.94 bits per heavy atom. The molecule has 2 rings (SSSR count). The fourth-order valence-corrected chi connectivity index (χ4v) is 2.84. The minimum Gasteiger partial charge on any atom is -0.309 e. The highest BCUT2D eigenvalue weighted by molar-refractivity contribution is 5.80. The summed E-state index contributed by atoms with van der Waals surface area (Å²) in [5.74, 6) is 1.46. The molecule has 0 saturated heterocycles. The van der Waals surface area contributed by atoms with Gasteiger partial charge in [0.15, 0.2) is 0 Å². The molecule has 0 aromatic heterocycles. The first-order valence-corrected chi connectivity index (χ1v) is 6.38. The predicted octanol–water partition coefficient (Wildman–Crippen LogP) is 2.70. The van der Waals surface area contributed by atoms with Crippen molar-refractivity contribution in [3.8, 4) is 0 Å². The van der Waals surface area contributed by atoms with Crippen molar-refractivity contribution in [2.75, 3.05) is 20.6 Å². The molecule has 0 aliphatic heterocycles. The zero-order valence-electron chi connectivity index (χ0n) is 10.7. The summed E-state index contributed by atoms with van der Waals surface area (Å²) in [5.41, 5.74) is 1.33. The third-order valence-electron chi connectivity index (χ3n) is 3.64. The van der Waals surface area contributed by atoms with Gasteiger partial charge in [-0.15, -0.1) is 0 Å². The second-order valence-corrected chi connectivity index (χ2v) is 5.32. The van der Waals surface area contributed by atoms with E-state index in [1.807, 2.05) is 6.07 Å². The van der Waals surface area contributed by atoms with Crippen LogP contribution >= 0.6 is 0 Å². The topological polar surface area (TPSA) is 20.3 Å². The Morgan fingerprint density at radius 1 is 1.24 bits per heavy atom. The standard InChI is InChI=1S/C15H21NO/c1-16(2)11-13-8-9-14(17)10-15(13)12-6-4-3-5-7-12/h3-7,13,15H,8-11H2,1-2H3/t13-,15-/m1/s1. The van der Waals surface area contributed by atoms with Crippen LogP contribution in [0.4, 0.5) is 0 Å². The minimum absolute atomic E-state index is 0.417. The van der Waals surface area contributed by atoms with Crippen LogP contribution in [0.15, 0.2) is 30.3 Å². The van der Waals surface area contributed by atoms with Crippen LogP contribution in [0, 0.1) is 5.92 Å². The number of carbonyl (C=O) groups excluding carboxylic acids is 1. The molecule has 0 bridgehead atoms. The van der Waals surface area contributed by atoms with Crippen LogP contribution in [0.3, 0.4) is 0 Å². The predicted molar refractivity (Wildman–Crippen MR) is 70.1 cm³/mol. The molecular weight excluding hydrogens is 210 g/mol. The molecule has 1 aliphatic rings. The summed E-state index contributed by atoms with van der Waals surface area (Å²) < 4.78 is 0. The van der Waals surface area contributed by atoms with Crippen molar-refractivity contribution in [2.24, 2.45) is 5.92 Å². The summed E-state index contributed by atoms with van der Waals surface area (Å²) in [6, 6.07) is 10.5. The molecule has 0 amide bonds. The maximum atomic E-state index is 11.7. The van der Waals surface area contributed by atoms with Gasteiger partial charge in [-0.25, -0.2) is 0 Å². The normalized spacial score (nSPS) is 25.2. The van der Waals surface area contributed by atoms with Gasteiger partial charge in [-0.2, -0.15) is 0 Å². The molecule has 1 fully saturated rings. The SMILES string of the molecule is CN(C)C[C@H]1CCC(=O)C[C@@H]1c1ccccc1. The van der Waals surface area contributed by atoms with Gasteiger partial charge in [-0.1, -0.05) is 30.3 Å². The molecule has 0 radical (unpaired) electrons. The van der Waals surface area contributed by atoms with Crippen molar-refractivity contribution >= 4 is 5.78 Å². The van der Waals surface area contributed by atoms with Crippen molar-refractivity contribution < 1.29 is 4.79 Å². The molecule has 0 unspecified atom stereocenters. The first-order valence-electron chi connectivity index (χ1n) is 6.38. The molecule has 17 heavy (non-hydrogen) atoms. The number of ketones is 1. The van der Waals surface area contributed by atoms with Crippen molar-refractivity contribution in [3.05, 3.63) is 35.9 Å². The van der Waals surface area contributed by atoms with E-state index in [4.69, 9.17) is 0 Å². The molecule has 2 nitrogen and oxygen atoms in total. The van der Waals surface area contributed by atoms with Crippen LogP contribution in [0.1, 0.15) is 30.7 Å². The summed E-state index contributed by atoms with van der Waals surface area (Å²) in [4.78, 5) is 13.9. The summed E-state index contributed by atoms with van der Waals surface area (Å²) in [6.45, 7) is 1.08. The van der Waals surface area contributed by atoms with E-state index in [1.54, 1.807) is 0 Å². The average molecular weight is 231 g/mol. The lowest BCUT2D eigenvalue weighted by molar-refractivity contribution is -0.121. The van der Waals surface area contributed by atoms with Crippen molar-refractivity contribution in [1.82, 2.24) is 4.90 Å². The summed E-state index contributed by atoms with van der Waals surface area (Å²) >= 11 is 0. The lowest BCUT2D eigenvalue weighted by Gasteiger charge is -2.33. The number of hydrogen-bond acceptors (Lipinski definition) is 2. The Kier molecular flexibility index (Phi) is 3.95.